The highest BCUT2D eigenvalue weighted by molar-refractivity contribution is 7.91. The minimum absolute atomic E-state index is 0.0904. The zero-order chi connectivity index (χ0) is 12.8. The molecule has 1 aliphatic heterocycles. The van der Waals surface area contributed by atoms with Crippen LogP contribution in [0.5, 0.6) is 0 Å². The summed E-state index contributed by atoms with van der Waals surface area (Å²) in [5.41, 5.74) is 5.64. The van der Waals surface area contributed by atoms with Crippen LogP contribution >= 0.6 is 11.3 Å². The lowest BCUT2D eigenvalue weighted by Gasteiger charge is -2.12. The summed E-state index contributed by atoms with van der Waals surface area (Å²) in [6.07, 6.45) is 0.609. The first-order chi connectivity index (χ1) is 8.53. The van der Waals surface area contributed by atoms with Crippen molar-refractivity contribution in [1.82, 2.24) is 9.97 Å². The molecule has 0 radical (unpaired) electrons. The summed E-state index contributed by atoms with van der Waals surface area (Å²) < 4.78 is 22.8. The van der Waals surface area contributed by atoms with Crippen molar-refractivity contribution < 1.29 is 8.42 Å². The third-order valence-electron chi connectivity index (χ3n) is 2.92. The molecule has 18 heavy (non-hydrogen) atoms. The molecule has 1 unspecified atom stereocenters. The number of nitrogens with one attached hydrogen (secondary N) is 1. The van der Waals surface area contributed by atoms with Crippen LogP contribution in [0.2, 0.25) is 0 Å². The van der Waals surface area contributed by atoms with Gasteiger partial charge in [-0.15, -0.1) is 11.3 Å². The van der Waals surface area contributed by atoms with Crippen molar-refractivity contribution in [2.24, 2.45) is 0 Å². The molecular formula is C10H12N4O2S2. The predicted molar refractivity (Wildman–Crippen MR) is 72.5 cm³/mol. The first kappa shape index (κ1) is 11.7. The van der Waals surface area contributed by atoms with E-state index in [1.807, 2.05) is 11.4 Å². The Kier molecular flexibility index (Phi) is 2.63. The molecule has 1 atom stereocenters. The van der Waals surface area contributed by atoms with Gasteiger partial charge in [0, 0.05) is 6.04 Å². The van der Waals surface area contributed by atoms with Gasteiger partial charge in [0.05, 0.1) is 16.9 Å². The van der Waals surface area contributed by atoms with Gasteiger partial charge in [-0.3, -0.25) is 0 Å². The van der Waals surface area contributed by atoms with Crippen LogP contribution in [0.25, 0.3) is 10.2 Å². The van der Waals surface area contributed by atoms with Gasteiger partial charge in [0.15, 0.2) is 9.84 Å². The molecule has 8 heteroatoms. The van der Waals surface area contributed by atoms with E-state index >= 15 is 0 Å². The lowest BCUT2D eigenvalue weighted by molar-refractivity contribution is 0.602. The van der Waals surface area contributed by atoms with Gasteiger partial charge in [0.25, 0.3) is 0 Å². The van der Waals surface area contributed by atoms with Gasteiger partial charge in [0.2, 0.25) is 5.95 Å². The van der Waals surface area contributed by atoms with Crippen LogP contribution in [0, 0.1) is 0 Å². The second kappa shape index (κ2) is 4.06. The molecule has 3 N–H and O–H groups in total. The maximum Gasteiger partial charge on any atom is 0.223 e. The van der Waals surface area contributed by atoms with Crippen molar-refractivity contribution in [2.45, 2.75) is 12.5 Å². The van der Waals surface area contributed by atoms with Crippen LogP contribution in [0.1, 0.15) is 6.42 Å². The number of hydrogen-bond acceptors (Lipinski definition) is 7. The highest BCUT2D eigenvalue weighted by atomic mass is 32.2. The largest absolute Gasteiger partial charge is 0.368 e. The van der Waals surface area contributed by atoms with Gasteiger partial charge in [-0.05, 0) is 17.9 Å². The van der Waals surface area contributed by atoms with Crippen molar-refractivity contribution in [3.05, 3.63) is 11.4 Å². The van der Waals surface area contributed by atoms with Crippen molar-refractivity contribution in [3.8, 4) is 0 Å². The number of hydrogen-bond donors (Lipinski definition) is 2. The van der Waals surface area contributed by atoms with Crippen LogP contribution in [-0.4, -0.2) is 35.9 Å². The maximum atomic E-state index is 11.4. The summed E-state index contributed by atoms with van der Waals surface area (Å²) in [5.74, 6) is 1.22. The third kappa shape index (κ3) is 2.13. The molecule has 0 spiro atoms. The average Bonchev–Trinajstić information content (AvgIpc) is 2.84. The molecule has 3 heterocycles. The van der Waals surface area contributed by atoms with Gasteiger partial charge in [-0.1, -0.05) is 0 Å². The molecule has 1 aliphatic rings. The normalized spacial score (nSPS) is 22.3. The van der Waals surface area contributed by atoms with E-state index in [0.29, 0.717) is 12.2 Å². The van der Waals surface area contributed by atoms with E-state index in [-0.39, 0.29) is 23.5 Å². The molecule has 2 aromatic rings. The molecule has 1 saturated heterocycles. The number of aromatic nitrogens is 2. The smallest absolute Gasteiger partial charge is 0.223 e. The van der Waals surface area contributed by atoms with Crippen LogP contribution < -0.4 is 11.1 Å². The molecule has 0 bridgehead atoms. The number of rotatable bonds is 2. The van der Waals surface area contributed by atoms with Crippen LogP contribution in [0.3, 0.4) is 0 Å². The number of thiophene rings is 1. The zero-order valence-corrected chi connectivity index (χ0v) is 11.1. The molecular weight excluding hydrogens is 272 g/mol. The van der Waals surface area contributed by atoms with Crippen molar-refractivity contribution in [2.75, 3.05) is 22.6 Å². The first-order valence-corrected chi connectivity index (χ1v) is 8.21. The monoisotopic (exact) mass is 284 g/mol. The molecule has 2 aromatic heterocycles. The lowest BCUT2D eigenvalue weighted by Crippen LogP contribution is -2.21. The molecule has 0 saturated carbocycles. The Bertz CT molecular complexity index is 695. The van der Waals surface area contributed by atoms with E-state index in [1.165, 1.54) is 11.3 Å². The summed E-state index contributed by atoms with van der Waals surface area (Å²) in [5, 5.41) is 5.96. The van der Waals surface area contributed by atoms with Crippen LogP contribution in [-0.2, 0) is 9.84 Å². The Hall–Kier alpha value is -1.41. The van der Waals surface area contributed by atoms with Gasteiger partial charge < -0.3 is 11.1 Å². The predicted octanol–water partition coefficient (Wildman–Crippen LogP) is 0.872. The highest BCUT2D eigenvalue weighted by Crippen LogP contribution is 2.27. The van der Waals surface area contributed by atoms with Gasteiger partial charge in [-0.2, -0.15) is 4.98 Å². The third-order valence-corrected chi connectivity index (χ3v) is 5.49. The molecule has 0 aliphatic carbocycles. The Morgan fingerprint density at radius 1 is 1.44 bits per heavy atom. The number of nitrogens with zero attached hydrogens (tertiary/aromatic N) is 2. The first-order valence-electron chi connectivity index (χ1n) is 5.51. The summed E-state index contributed by atoms with van der Waals surface area (Å²) in [4.78, 5) is 9.09. The second-order valence-electron chi connectivity index (χ2n) is 4.31. The fourth-order valence-corrected chi connectivity index (χ4v) is 4.53. The van der Waals surface area contributed by atoms with Crippen molar-refractivity contribution >= 4 is 43.2 Å². The Labute approximate surface area is 108 Å². The minimum atomic E-state index is -2.90. The highest BCUT2D eigenvalue weighted by Gasteiger charge is 2.28. The van der Waals surface area contributed by atoms with Crippen molar-refractivity contribution in [1.29, 1.82) is 0 Å². The molecule has 0 aromatic carbocycles. The second-order valence-corrected chi connectivity index (χ2v) is 7.44. The minimum Gasteiger partial charge on any atom is -0.368 e. The topological polar surface area (TPSA) is 98.0 Å². The Morgan fingerprint density at radius 2 is 2.28 bits per heavy atom. The van der Waals surface area contributed by atoms with Crippen LogP contribution in [0.4, 0.5) is 11.8 Å². The Balaban J connectivity index is 1.93. The molecule has 1 fully saturated rings. The van der Waals surface area contributed by atoms with E-state index in [2.05, 4.69) is 15.3 Å². The molecule has 3 rings (SSSR count). The zero-order valence-electron chi connectivity index (χ0n) is 9.46. The van der Waals surface area contributed by atoms with E-state index in [1.54, 1.807) is 0 Å². The number of fused-ring (bicyclic) bond motifs is 1. The van der Waals surface area contributed by atoms with Gasteiger partial charge in [-0.25, -0.2) is 13.4 Å². The summed E-state index contributed by atoms with van der Waals surface area (Å²) in [6.45, 7) is 0. The van der Waals surface area contributed by atoms with Gasteiger partial charge in [0.1, 0.15) is 10.6 Å². The fraction of sp³-hybridized carbons (Fsp3) is 0.400. The fourth-order valence-electron chi connectivity index (χ4n) is 2.08. The molecule has 0 amide bonds. The average molecular weight is 284 g/mol. The molecule has 6 nitrogen and oxygen atoms in total. The standard InChI is InChI=1S/C10H12N4O2S2/c11-10-13-8(7-1-3-17-9(7)14-10)12-6-2-4-18(15,16)5-6/h1,3,6H,2,4-5H2,(H3,11,12,13,14). The number of sulfone groups is 1. The molecule has 96 valence electrons. The number of anilines is 2. The lowest BCUT2D eigenvalue weighted by atomic mass is 10.2. The Morgan fingerprint density at radius 3 is 3.00 bits per heavy atom. The van der Waals surface area contributed by atoms with Gasteiger partial charge >= 0.3 is 0 Å². The van der Waals surface area contributed by atoms with E-state index in [0.717, 1.165) is 10.2 Å². The number of nitrogens with two attached hydrogens (primary N) is 1. The summed E-state index contributed by atoms with van der Waals surface area (Å²) in [7, 11) is -2.90. The van der Waals surface area contributed by atoms with E-state index in [9.17, 15) is 8.42 Å². The number of nitrogen functional groups attached to an aromatic ring is 1. The van der Waals surface area contributed by atoms with E-state index < -0.39 is 9.84 Å². The van der Waals surface area contributed by atoms with Crippen molar-refractivity contribution in [3.63, 3.8) is 0 Å². The summed E-state index contributed by atoms with van der Waals surface area (Å²) in [6, 6.07) is 1.82. The SMILES string of the molecule is Nc1nc(NC2CCS(=O)(=O)C2)c2ccsc2n1. The van der Waals surface area contributed by atoms with E-state index in [4.69, 9.17) is 5.73 Å². The maximum absolute atomic E-state index is 11.4. The quantitative estimate of drug-likeness (QED) is 0.849. The summed E-state index contributed by atoms with van der Waals surface area (Å²) >= 11 is 1.48. The van der Waals surface area contributed by atoms with Crippen LogP contribution in [0.15, 0.2) is 11.4 Å².